The first kappa shape index (κ1) is 17.5. The zero-order chi connectivity index (χ0) is 20.4. The summed E-state index contributed by atoms with van der Waals surface area (Å²) in [5.74, 6) is 3.41. The Morgan fingerprint density at radius 1 is 0.613 bits per heavy atom. The molecule has 0 aliphatic carbocycles. The highest BCUT2D eigenvalue weighted by Crippen LogP contribution is 2.48. The Bertz CT molecular complexity index is 1350. The minimum Gasteiger partial charge on any atom is -0.485 e. The monoisotopic (exact) mass is 447 g/mol. The Labute approximate surface area is 185 Å². The van der Waals surface area contributed by atoms with Crippen molar-refractivity contribution in [1.82, 2.24) is 4.98 Å². The third-order valence-electron chi connectivity index (χ3n) is 5.73. The van der Waals surface area contributed by atoms with Crippen LogP contribution in [0.15, 0.2) is 47.2 Å². The quantitative estimate of drug-likeness (QED) is 0.344. The highest BCUT2D eigenvalue weighted by molar-refractivity contribution is 7.14. The molecule has 0 fully saturated rings. The molecule has 154 valence electrons. The number of hydrogen-bond acceptors (Lipinski definition) is 6. The van der Waals surface area contributed by atoms with E-state index >= 15 is 0 Å². The van der Waals surface area contributed by atoms with E-state index in [9.17, 15) is 0 Å². The number of thiophene rings is 2. The molecule has 5 heterocycles. The van der Waals surface area contributed by atoms with Gasteiger partial charge < -0.3 is 23.9 Å². The minimum absolute atomic E-state index is 0.590. The van der Waals surface area contributed by atoms with Crippen LogP contribution in [0.25, 0.3) is 42.7 Å². The lowest BCUT2D eigenvalue weighted by molar-refractivity contribution is 0.174. The summed E-state index contributed by atoms with van der Waals surface area (Å²) in [5, 5.41) is 6.44. The topological polar surface area (TPSA) is 52.7 Å². The smallest absolute Gasteiger partial charge is 0.179 e. The highest BCUT2D eigenvalue weighted by atomic mass is 32.1. The number of aromatic nitrogens is 1. The molecule has 0 unspecified atom stereocenters. The van der Waals surface area contributed by atoms with Crippen molar-refractivity contribution in [3.05, 3.63) is 47.2 Å². The summed E-state index contributed by atoms with van der Waals surface area (Å²) in [6.45, 7) is 2.39. The summed E-state index contributed by atoms with van der Waals surface area (Å²) in [6, 6.07) is 13.1. The fourth-order valence-electron chi connectivity index (χ4n) is 4.30. The van der Waals surface area contributed by atoms with Crippen molar-refractivity contribution in [3.63, 3.8) is 0 Å². The van der Waals surface area contributed by atoms with Gasteiger partial charge in [-0.3, -0.25) is 0 Å². The second kappa shape index (κ2) is 6.67. The summed E-state index contributed by atoms with van der Waals surface area (Å²) < 4.78 is 23.3. The van der Waals surface area contributed by atoms with Crippen molar-refractivity contribution in [2.24, 2.45) is 0 Å². The molecular formula is C24H17NO4S2. The zero-order valence-corrected chi connectivity index (χ0v) is 18.0. The fourth-order valence-corrected chi connectivity index (χ4v) is 6.16. The number of benzene rings is 2. The molecule has 0 spiro atoms. The molecule has 7 rings (SSSR count). The van der Waals surface area contributed by atoms with E-state index in [0.717, 1.165) is 54.9 Å². The molecule has 5 aromatic rings. The van der Waals surface area contributed by atoms with Crippen molar-refractivity contribution >= 4 is 44.5 Å². The molecule has 0 amide bonds. The number of aromatic amines is 1. The van der Waals surface area contributed by atoms with Crippen LogP contribution in [0, 0.1) is 0 Å². The van der Waals surface area contributed by atoms with Crippen molar-refractivity contribution in [2.45, 2.75) is 0 Å². The number of ether oxygens (including phenoxy) is 4. The van der Waals surface area contributed by atoms with Gasteiger partial charge in [0.25, 0.3) is 0 Å². The molecule has 5 nitrogen and oxygen atoms in total. The lowest BCUT2D eigenvalue weighted by Crippen LogP contribution is -2.14. The van der Waals surface area contributed by atoms with E-state index in [4.69, 9.17) is 18.9 Å². The normalized spacial score (nSPS) is 15.0. The molecule has 0 radical (unpaired) electrons. The van der Waals surface area contributed by atoms with E-state index in [1.165, 1.54) is 10.8 Å². The Kier molecular flexibility index (Phi) is 3.77. The average molecular weight is 448 g/mol. The van der Waals surface area contributed by atoms with Gasteiger partial charge in [0.05, 0.1) is 9.75 Å². The molecule has 0 atom stereocenters. The maximum Gasteiger partial charge on any atom is 0.179 e. The van der Waals surface area contributed by atoms with Crippen LogP contribution in [0.1, 0.15) is 0 Å². The molecule has 0 bridgehead atoms. The van der Waals surface area contributed by atoms with Crippen LogP contribution in [-0.4, -0.2) is 31.4 Å². The van der Waals surface area contributed by atoms with E-state index in [0.29, 0.717) is 26.4 Å². The van der Waals surface area contributed by atoms with Gasteiger partial charge in [0.15, 0.2) is 23.0 Å². The second-order valence-corrected chi connectivity index (χ2v) is 9.32. The van der Waals surface area contributed by atoms with E-state index in [2.05, 4.69) is 41.4 Å². The molecule has 0 saturated carbocycles. The zero-order valence-electron chi connectivity index (χ0n) is 16.4. The van der Waals surface area contributed by atoms with E-state index in [1.54, 1.807) is 22.7 Å². The first-order valence-electron chi connectivity index (χ1n) is 10.2. The number of rotatable bonds is 2. The van der Waals surface area contributed by atoms with Gasteiger partial charge in [-0.15, -0.1) is 22.7 Å². The van der Waals surface area contributed by atoms with Crippen LogP contribution in [0.3, 0.4) is 0 Å². The van der Waals surface area contributed by atoms with Crippen LogP contribution >= 0.6 is 22.7 Å². The largest absolute Gasteiger partial charge is 0.485 e. The van der Waals surface area contributed by atoms with Gasteiger partial charge in [-0.1, -0.05) is 12.1 Å². The van der Waals surface area contributed by atoms with Crippen molar-refractivity contribution < 1.29 is 18.9 Å². The van der Waals surface area contributed by atoms with Gasteiger partial charge >= 0.3 is 0 Å². The third kappa shape index (κ3) is 2.66. The fraction of sp³-hybridized carbons (Fsp3) is 0.167. The standard InChI is InChI=1S/C24H17NO4S2/c1-3-17-15(9-13(1)23-21-19(11-30-23)26-5-7-28-21)16-10-14(2-4-18(16)25-17)24-22-20(12-31-24)27-6-8-29-22/h1-4,9-12,25H,5-8H2. The van der Waals surface area contributed by atoms with Gasteiger partial charge in [0.1, 0.15) is 26.4 Å². The molecule has 3 aromatic heterocycles. The number of fused-ring (bicyclic) bond motifs is 5. The Morgan fingerprint density at radius 2 is 1.10 bits per heavy atom. The van der Waals surface area contributed by atoms with Crippen molar-refractivity contribution in [2.75, 3.05) is 26.4 Å². The van der Waals surface area contributed by atoms with Crippen molar-refractivity contribution in [1.29, 1.82) is 0 Å². The summed E-state index contributed by atoms with van der Waals surface area (Å²) >= 11 is 3.33. The van der Waals surface area contributed by atoms with Gasteiger partial charge in [0, 0.05) is 32.6 Å². The number of nitrogens with one attached hydrogen (secondary N) is 1. The lowest BCUT2D eigenvalue weighted by Gasteiger charge is -2.16. The average Bonchev–Trinajstić information content (AvgIpc) is 3.53. The molecule has 0 saturated heterocycles. The van der Waals surface area contributed by atoms with Gasteiger partial charge in [0.2, 0.25) is 0 Å². The summed E-state index contributed by atoms with van der Waals surface area (Å²) in [7, 11) is 0. The van der Waals surface area contributed by atoms with Crippen molar-refractivity contribution in [3.8, 4) is 43.9 Å². The van der Waals surface area contributed by atoms with E-state index in [-0.39, 0.29) is 0 Å². The number of H-pyrrole nitrogens is 1. The molecule has 2 aliphatic rings. The predicted molar refractivity (Wildman–Crippen MR) is 124 cm³/mol. The summed E-state index contributed by atoms with van der Waals surface area (Å²) in [4.78, 5) is 5.76. The maximum absolute atomic E-state index is 5.90. The van der Waals surface area contributed by atoms with Gasteiger partial charge in [-0.05, 0) is 35.4 Å². The molecule has 31 heavy (non-hydrogen) atoms. The van der Waals surface area contributed by atoms with Gasteiger partial charge in [-0.2, -0.15) is 0 Å². The molecule has 1 N–H and O–H groups in total. The lowest BCUT2D eigenvalue weighted by atomic mass is 10.1. The maximum atomic E-state index is 5.90. The molecule has 2 aliphatic heterocycles. The SMILES string of the molecule is c1cc2[nH]c3ccc(-c4scc5c4OCCO5)cc3c2cc1-c1scc2c1OCCO2. The van der Waals surface area contributed by atoms with E-state index in [1.807, 2.05) is 10.8 Å². The minimum atomic E-state index is 0.590. The molecule has 2 aromatic carbocycles. The third-order valence-corrected chi connectivity index (χ3v) is 7.70. The molecular weight excluding hydrogens is 430 g/mol. The highest BCUT2D eigenvalue weighted by Gasteiger charge is 2.22. The Balaban J connectivity index is 1.39. The summed E-state index contributed by atoms with van der Waals surface area (Å²) in [6.07, 6.45) is 0. The van der Waals surface area contributed by atoms with Crippen LogP contribution < -0.4 is 18.9 Å². The van der Waals surface area contributed by atoms with Crippen LogP contribution in [0.5, 0.6) is 23.0 Å². The first-order chi connectivity index (χ1) is 15.3. The predicted octanol–water partition coefficient (Wildman–Crippen LogP) is 6.32. The Hall–Kier alpha value is -3.16. The second-order valence-electron chi connectivity index (χ2n) is 7.56. The van der Waals surface area contributed by atoms with E-state index < -0.39 is 0 Å². The Morgan fingerprint density at radius 3 is 1.61 bits per heavy atom. The van der Waals surface area contributed by atoms with Crippen LogP contribution in [0.4, 0.5) is 0 Å². The first-order valence-corrected chi connectivity index (χ1v) is 11.9. The van der Waals surface area contributed by atoms with Crippen LogP contribution in [0.2, 0.25) is 0 Å². The molecule has 7 heteroatoms. The number of hydrogen-bond donors (Lipinski definition) is 1. The van der Waals surface area contributed by atoms with Gasteiger partial charge in [-0.25, -0.2) is 0 Å². The van der Waals surface area contributed by atoms with Crippen LogP contribution in [-0.2, 0) is 0 Å². The summed E-state index contributed by atoms with van der Waals surface area (Å²) in [5.41, 5.74) is 4.51.